The van der Waals surface area contributed by atoms with Gasteiger partial charge in [0.2, 0.25) is 5.82 Å². The zero-order valence-corrected chi connectivity index (χ0v) is 18.1. The number of aryl methyl sites for hydroxylation is 1. The quantitative estimate of drug-likeness (QED) is 0.718. The van der Waals surface area contributed by atoms with Crippen LogP contribution in [0, 0.1) is 6.92 Å². The molecular weight excluding hydrogens is 372 g/mol. The van der Waals surface area contributed by atoms with Crippen LogP contribution < -0.4 is 10.2 Å². The molecular formula is C25H28N4O. The number of nitrogens with zero attached hydrogens (tertiary/aromatic N) is 3. The second-order valence-corrected chi connectivity index (χ2v) is 8.45. The number of amides is 1. The highest BCUT2D eigenvalue weighted by Gasteiger charge is 2.24. The molecule has 3 aromatic rings. The van der Waals surface area contributed by atoms with Gasteiger partial charge in [-0.3, -0.25) is 4.79 Å². The van der Waals surface area contributed by atoms with E-state index in [1.807, 2.05) is 0 Å². The molecule has 0 saturated carbocycles. The van der Waals surface area contributed by atoms with Gasteiger partial charge in [-0.1, -0.05) is 55.8 Å². The van der Waals surface area contributed by atoms with Gasteiger partial charge in [-0.25, -0.2) is 9.97 Å². The molecule has 0 radical (unpaired) electrons. The average molecular weight is 401 g/mol. The summed E-state index contributed by atoms with van der Waals surface area (Å²) in [4.78, 5) is 22.9. The summed E-state index contributed by atoms with van der Waals surface area (Å²) in [5.41, 5.74) is 7.04. The molecule has 0 saturated heterocycles. The predicted octanol–water partition coefficient (Wildman–Crippen LogP) is 4.03. The zero-order chi connectivity index (χ0) is 21.3. The van der Waals surface area contributed by atoms with Crippen LogP contribution in [0.1, 0.15) is 52.4 Å². The standard InChI is InChI=1S/C25H28N4O/c1-17-5-7-19(8-6-17)25(2,3)20-9-11-21(12-10-20)29-14-13-18-15-27-23(24(30)26-4)28-22(18)16-29/h5-12,15H,13-14,16H2,1-4H3,(H,26,30). The molecule has 5 nitrogen and oxygen atoms in total. The van der Waals surface area contributed by atoms with Crippen LogP contribution in [0.15, 0.2) is 54.7 Å². The Morgan fingerprint density at radius 2 is 1.67 bits per heavy atom. The summed E-state index contributed by atoms with van der Waals surface area (Å²) in [7, 11) is 1.59. The number of aromatic nitrogens is 2. The molecule has 2 aromatic carbocycles. The van der Waals surface area contributed by atoms with Crippen molar-refractivity contribution < 1.29 is 4.79 Å². The minimum absolute atomic E-state index is 0.0592. The molecule has 0 atom stereocenters. The van der Waals surface area contributed by atoms with Gasteiger partial charge in [-0.15, -0.1) is 0 Å². The molecule has 2 heterocycles. The summed E-state index contributed by atoms with van der Waals surface area (Å²) in [6.07, 6.45) is 2.66. The van der Waals surface area contributed by atoms with E-state index in [4.69, 9.17) is 0 Å². The lowest BCUT2D eigenvalue weighted by atomic mass is 9.78. The van der Waals surface area contributed by atoms with Crippen molar-refractivity contribution in [2.45, 2.75) is 39.2 Å². The van der Waals surface area contributed by atoms with E-state index in [1.165, 1.54) is 22.4 Å². The molecule has 1 N–H and O–H groups in total. The van der Waals surface area contributed by atoms with Crippen molar-refractivity contribution in [2.24, 2.45) is 0 Å². The monoisotopic (exact) mass is 400 g/mol. The highest BCUT2D eigenvalue weighted by molar-refractivity contribution is 5.90. The smallest absolute Gasteiger partial charge is 0.288 e. The number of hydrogen-bond donors (Lipinski definition) is 1. The van der Waals surface area contributed by atoms with Crippen molar-refractivity contribution in [3.05, 3.63) is 88.5 Å². The molecule has 5 heteroatoms. The van der Waals surface area contributed by atoms with Crippen molar-refractivity contribution in [3.63, 3.8) is 0 Å². The molecule has 0 spiro atoms. The number of benzene rings is 2. The van der Waals surface area contributed by atoms with E-state index in [1.54, 1.807) is 13.2 Å². The first kappa shape index (κ1) is 20.1. The van der Waals surface area contributed by atoms with Crippen LogP contribution in [0.3, 0.4) is 0 Å². The lowest BCUT2D eigenvalue weighted by Crippen LogP contribution is -2.32. The van der Waals surface area contributed by atoms with Gasteiger partial charge in [-0.2, -0.15) is 0 Å². The molecule has 1 aromatic heterocycles. The summed E-state index contributed by atoms with van der Waals surface area (Å²) in [6, 6.07) is 17.6. The fourth-order valence-corrected chi connectivity index (χ4v) is 3.97. The first-order valence-corrected chi connectivity index (χ1v) is 10.4. The summed E-state index contributed by atoms with van der Waals surface area (Å²) in [5, 5.41) is 2.59. The SMILES string of the molecule is CNC(=O)c1ncc2c(n1)CN(c1ccc(C(C)(C)c3ccc(C)cc3)cc1)CC2. The Morgan fingerprint density at radius 3 is 2.30 bits per heavy atom. The first-order chi connectivity index (χ1) is 14.4. The minimum Gasteiger partial charge on any atom is -0.365 e. The number of anilines is 1. The molecule has 1 amide bonds. The maximum atomic E-state index is 11.9. The Balaban J connectivity index is 1.55. The lowest BCUT2D eigenvalue weighted by molar-refractivity contribution is 0.0952. The summed E-state index contributed by atoms with van der Waals surface area (Å²) in [6.45, 7) is 8.24. The van der Waals surface area contributed by atoms with Crippen molar-refractivity contribution in [1.29, 1.82) is 0 Å². The second-order valence-electron chi connectivity index (χ2n) is 8.45. The van der Waals surface area contributed by atoms with E-state index in [0.717, 1.165) is 24.2 Å². The Labute approximate surface area is 178 Å². The van der Waals surface area contributed by atoms with Crippen molar-refractivity contribution >= 4 is 11.6 Å². The third kappa shape index (κ3) is 3.80. The van der Waals surface area contributed by atoms with Gasteiger partial charge >= 0.3 is 0 Å². The summed E-state index contributed by atoms with van der Waals surface area (Å²) < 4.78 is 0. The van der Waals surface area contributed by atoms with Crippen LogP contribution in [-0.4, -0.2) is 29.5 Å². The number of carbonyl (C=O) groups is 1. The van der Waals surface area contributed by atoms with Gasteiger partial charge in [0.05, 0.1) is 12.2 Å². The molecule has 1 aliphatic heterocycles. The van der Waals surface area contributed by atoms with Crippen LogP contribution >= 0.6 is 0 Å². The number of carbonyl (C=O) groups excluding carboxylic acids is 1. The van der Waals surface area contributed by atoms with Crippen molar-refractivity contribution in [2.75, 3.05) is 18.5 Å². The fourth-order valence-electron chi connectivity index (χ4n) is 3.97. The van der Waals surface area contributed by atoms with Crippen molar-refractivity contribution in [1.82, 2.24) is 15.3 Å². The van der Waals surface area contributed by atoms with Crippen LogP contribution in [0.25, 0.3) is 0 Å². The Bertz CT molecular complexity index is 1060. The molecule has 0 bridgehead atoms. The van der Waals surface area contributed by atoms with Gasteiger partial charge in [0, 0.05) is 30.9 Å². The number of fused-ring (bicyclic) bond motifs is 1. The Hall–Kier alpha value is -3.21. The molecule has 154 valence electrons. The minimum atomic E-state index is -0.252. The highest BCUT2D eigenvalue weighted by atomic mass is 16.2. The number of nitrogens with one attached hydrogen (secondary N) is 1. The van der Waals surface area contributed by atoms with E-state index in [-0.39, 0.29) is 17.1 Å². The van der Waals surface area contributed by atoms with Gasteiger partial charge in [0.1, 0.15) is 0 Å². The van der Waals surface area contributed by atoms with Crippen LogP contribution in [-0.2, 0) is 18.4 Å². The van der Waals surface area contributed by atoms with E-state index < -0.39 is 0 Å². The summed E-state index contributed by atoms with van der Waals surface area (Å²) in [5.74, 6) is -0.0223. The maximum Gasteiger partial charge on any atom is 0.288 e. The van der Waals surface area contributed by atoms with E-state index >= 15 is 0 Å². The fraction of sp³-hybridized carbons (Fsp3) is 0.320. The molecule has 1 aliphatic rings. The largest absolute Gasteiger partial charge is 0.365 e. The number of rotatable bonds is 4. The van der Waals surface area contributed by atoms with Gasteiger partial charge in [0.15, 0.2) is 0 Å². The first-order valence-electron chi connectivity index (χ1n) is 10.4. The van der Waals surface area contributed by atoms with E-state index in [0.29, 0.717) is 6.54 Å². The van der Waals surface area contributed by atoms with Gasteiger partial charge in [-0.05, 0) is 42.2 Å². The highest BCUT2D eigenvalue weighted by Crippen LogP contribution is 2.33. The molecule has 0 aliphatic carbocycles. The van der Waals surface area contributed by atoms with E-state index in [9.17, 15) is 4.79 Å². The van der Waals surface area contributed by atoms with Gasteiger partial charge in [0.25, 0.3) is 5.91 Å². The third-order valence-electron chi connectivity index (χ3n) is 6.10. The topological polar surface area (TPSA) is 58.1 Å². The lowest BCUT2D eigenvalue weighted by Gasteiger charge is -2.31. The average Bonchev–Trinajstić information content (AvgIpc) is 2.78. The van der Waals surface area contributed by atoms with Crippen LogP contribution in [0.4, 0.5) is 5.69 Å². The Morgan fingerprint density at radius 1 is 1.03 bits per heavy atom. The number of hydrogen-bond acceptors (Lipinski definition) is 4. The second kappa shape index (κ2) is 7.90. The molecule has 4 rings (SSSR count). The normalized spacial score (nSPS) is 13.7. The van der Waals surface area contributed by atoms with Gasteiger partial charge < -0.3 is 10.2 Å². The summed E-state index contributed by atoms with van der Waals surface area (Å²) >= 11 is 0. The third-order valence-corrected chi connectivity index (χ3v) is 6.10. The van der Waals surface area contributed by atoms with Crippen LogP contribution in [0.2, 0.25) is 0 Å². The predicted molar refractivity (Wildman–Crippen MR) is 120 cm³/mol. The Kier molecular flexibility index (Phi) is 5.29. The maximum absolute atomic E-state index is 11.9. The van der Waals surface area contributed by atoms with E-state index in [2.05, 4.69) is 89.5 Å². The molecule has 30 heavy (non-hydrogen) atoms. The molecule has 0 fully saturated rings. The van der Waals surface area contributed by atoms with Crippen LogP contribution in [0.5, 0.6) is 0 Å². The zero-order valence-electron chi connectivity index (χ0n) is 18.1. The molecule has 0 unspecified atom stereocenters. The van der Waals surface area contributed by atoms with Crippen molar-refractivity contribution in [3.8, 4) is 0 Å².